The number of rotatable bonds is 9. The van der Waals surface area contributed by atoms with Crippen molar-refractivity contribution in [2.24, 2.45) is 23.2 Å². The number of aliphatic hydroxyl groups excluding tert-OH is 2. The topological polar surface area (TPSA) is 153 Å². The summed E-state index contributed by atoms with van der Waals surface area (Å²) in [5, 5.41) is 36.7. The van der Waals surface area contributed by atoms with E-state index in [1.54, 1.807) is 20.8 Å². The number of amides is 2. The second kappa shape index (κ2) is 12.8. The third-order valence-corrected chi connectivity index (χ3v) is 11.7. The second-order valence-electron chi connectivity index (χ2n) is 13.3. The Hall–Kier alpha value is -2.71. The fourth-order valence-corrected chi connectivity index (χ4v) is 8.94. The van der Waals surface area contributed by atoms with E-state index < -0.39 is 73.5 Å². The molecule has 2 bridgehead atoms. The van der Waals surface area contributed by atoms with Gasteiger partial charge < -0.3 is 26.0 Å². The molecule has 0 saturated heterocycles. The number of halogens is 4. The average molecular weight is 675 g/mol. The number of nitrogens with one attached hydrogen (secondary N) is 2. The molecule has 7 atom stereocenters. The lowest BCUT2D eigenvalue weighted by atomic mass is 9.70. The van der Waals surface area contributed by atoms with Gasteiger partial charge in [-0.25, -0.2) is 21.6 Å². The van der Waals surface area contributed by atoms with Crippen LogP contribution in [0.4, 0.5) is 18.9 Å². The first-order valence-corrected chi connectivity index (χ1v) is 16.5. The largest absolute Gasteiger partial charge is 0.390 e. The molecule has 45 heavy (non-hydrogen) atoms. The maximum atomic E-state index is 13.9. The second-order valence-corrected chi connectivity index (χ2v) is 15.9. The van der Waals surface area contributed by atoms with E-state index in [0.717, 1.165) is 6.07 Å². The van der Waals surface area contributed by atoms with Crippen LogP contribution in [0.1, 0.15) is 63.7 Å². The van der Waals surface area contributed by atoms with Crippen LogP contribution in [0.3, 0.4) is 0 Å². The molecule has 2 aromatic carbocycles. The molecule has 248 valence electrons. The standard InChI is InChI=1S/C31H38ClF3N2O7S/c1-15-7-17-9-19(12-20(15)31(17,42)13-24(38)25(39)14-36-29(41)30(2,3)4)45(43,44)26-8-16(5-6-21(26)32)28(40)37-18-10-22(33)27(35)23(34)11-18/h5-6,8,10-11,15,17,19-20,24-25,38-39,42H,7,9,12-14H2,1-4H3,(H,36,41)(H,37,40)/t15-,17?,19+,20?,24?,25?,31+/m0/s1. The highest BCUT2D eigenvalue weighted by Crippen LogP contribution is 2.56. The predicted molar refractivity (Wildman–Crippen MR) is 161 cm³/mol. The Morgan fingerprint density at radius 2 is 1.67 bits per heavy atom. The summed E-state index contributed by atoms with van der Waals surface area (Å²) in [6.45, 7) is 6.78. The molecule has 2 amide bonds. The highest BCUT2D eigenvalue weighted by molar-refractivity contribution is 7.92. The van der Waals surface area contributed by atoms with Crippen molar-refractivity contribution in [2.75, 3.05) is 11.9 Å². The summed E-state index contributed by atoms with van der Waals surface area (Å²) in [5.41, 5.74) is -2.72. The highest BCUT2D eigenvalue weighted by Gasteiger charge is 2.59. The average Bonchev–Trinajstić information content (AvgIpc) is 3.06. The van der Waals surface area contributed by atoms with Crippen LogP contribution in [0.5, 0.6) is 0 Å². The van der Waals surface area contributed by atoms with Gasteiger partial charge in [0.1, 0.15) is 0 Å². The van der Waals surface area contributed by atoms with E-state index in [-0.39, 0.29) is 58.8 Å². The molecule has 0 aliphatic heterocycles. The van der Waals surface area contributed by atoms with Gasteiger partial charge in [-0.1, -0.05) is 39.3 Å². The van der Waals surface area contributed by atoms with Crippen LogP contribution in [0.25, 0.3) is 0 Å². The van der Waals surface area contributed by atoms with E-state index in [0.29, 0.717) is 18.6 Å². The first-order valence-electron chi connectivity index (χ1n) is 14.6. The Morgan fingerprint density at radius 1 is 1.04 bits per heavy atom. The van der Waals surface area contributed by atoms with Crippen molar-refractivity contribution in [1.82, 2.24) is 5.32 Å². The summed E-state index contributed by atoms with van der Waals surface area (Å²) in [4.78, 5) is 24.7. The highest BCUT2D eigenvalue weighted by atomic mass is 35.5. The maximum absolute atomic E-state index is 13.9. The van der Waals surface area contributed by atoms with Gasteiger partial charge >= 0.3 is 0 Å². The van der Waals surface area contributed by atoms with E-state index in [1.807, 2.05) is 6.92 Å². The summed E-state index contributed by atoms with van der Waals surface area (Å²) < 4.78 is 68.3. The minimum absolute atomic E-state index is 0.0287. The van der Waals surface area contributed by atoms with Crippen molar-refractivity contribution in [3.05, 3.63) is 58.4 Å². The molecule has 2 saturated carbocycles. The predicted octanol–water partition coefficient (Wildman–Crippen LogP) is 4.22. The number of carbonyl (C=O) groups excluding carboxylic acids is 2. The van der Waals surface area contributed by atoms with E-state index in [2.05, 4.69) is 10.6 Å². The normalized spacial score (nSPS) is 26.3. The molecule has 2 aromatic rings. The SMILES string of the molecule is C[C@H]1CC2C[C@@H](S(=O)(=O)c3cc(C(=O)Nc4cc(F)c(F)c(F)c4)ccc3Cl)CC1[C@@]2(O)CC(O)C(O)CNC(=O)C(C)(C)C. The fourth-order valence-electron chi connectivity index (χ4n) is 6.56. The van der Waals surface area contributed by atoms with Crippen LogP contribution in [-0.2, 0) is 14.6 Å². The lowest BCUT2D eigenvalue weighted by Crippen LogP contribution is -2.53. The summed E-state index contributed by atoms with van der Waals surface area (Å²) in [6.07, 6.45) is -2.41. The van der Waals surface area contributed by atoms with Crippen molar-refractivity contribution >= 4 is 38.9 Å². The molecule has 0 spiro atoms. The number of anilines is 1. The fraction of sp³-hybridized carbons (Fsp3) is 0.548. The Bertz CT molecular complexity index is 1560. The number of fused-ring (bicyclic) bond motifs is 2. The van der Waals surface area contributed by atoms with Crippen LogP contribution in [0.15, 0.2) is 35.2 Å². The number of hydrogen-bond acceptors (Lipinski definition) is 7. The van der Waals surface area contributed by atoms with Crippen molar-refractivity contribution in [3.63, 3.8) is 0 Å². The monoisotopic (exact) mass is 674 g/mol. The van der Waals surface area contributed by atoms with Gasteiger partial charge in [0.05, 0.1) is 33.0 Å². The summed E-state index contributed by atoms with van der Waals surface area (Å²) >= 11 is 6.29. The molecule has 14 heteroatoms. The van der Waals surface area contributed by atoms with Crippen LogP contribution in [0.2, 0.25) is 5.02 Å². The lowest BCUT2D eigenvalue weighted by Gasteiger charge is -2.44. The Morgan fingerprint density at radius 3 is 2.24 bits per heavy atom. The third-order valence-electron chi connectivity index (χ3n) is 9.07. The minimum Gasteiger partial charge on any atom is -0.390 e. The summed E-state index contributed by atoms with van der Waals surface area (Å²) in [6, 6.07) is 4.67. The van der Waals surface area contributed by atoms with Gasteiger partial charge in [0.25, 0.3) is 5.91 Å². The zero-order valence-electron chi connectivity index (χ0n) is 25.3. The molecule has 2 aliphatic rings. The molecule has 4 unspecified atom stereocenters. The van der Waals surface area contributed by atoms with Crippen LogP contribution < -0.4 is 10.6 Å². The van der Waals surface area contributed by atoms with Crippen LogP contribution in [-0.4, -0.2) is 65.2 Å². The van der Waals surface area contributed by atoms with Gasteiger partial charge in [0.15, 0.2) is 27.3 Å². The zero-order valence-corrected chi connectivity index (χ0v) is 26.9. The first kappa shape index (κ1) is 35.1. The molecular weight excluding hydrogens is 637 g/mol. The van der Waals surface area contributed by atoms with Crippen molar-refractivity contribution < 1.29 is 46.5 Å². The van der Waals surface area contributed by atoms with Gasteiger partial charge in [-0.2, -0.15) is 0 Å². The van der Waals surface area contributed by atoms with E-state index in [9.17, 15) is 46.5 Å². The molecule has 4 rings (SSSR count). The van der Waals surface area contributed by atoms with E-state index in [1.165, 1.54) is 12.1 Å². The first-order chi connectivity index (χ1) is 20.7. The van der Waals surface area contributed by atoms with E-state index in [4.69, 9.17) is 11.6 Å². The molecule has 5 N–H and O–H groups in total. The van der Waals surface area contributed by atoms with E-state index >= 15 is 0 Å². The summed E-state index contributed by atoms with van der Waals surface area (Å²) in [7, 11) is -4.17. The lowest BCUT2D eigenvalue weighted by molar-refractivity contribution is -0.130. The number of benzene rings is 2. The molecule has 2 fully saturated rings. The molecule has 9 nitrogen and oxygen atoms in total. The zero-order chi connectivity index (χ0) is 33.6. The number of sulfone groups is 1. The van der Waals surface area contributed by atoms with Crippen molar-refractivity contribution in [3.8, 4) is 0 Å². The minimum atomic E-state index is -4.17. The van der Waals surface area contributed by atoms with Crippen molar-refractivity contribution in [1.29, 1.82) is 0 Å². The Balaban J connectivity index is 1.50. The summed E-state index contributed by atoms with van der Waals surface area (Å²) in [5.74, 6) is -7.14. The van der Waals surface area contributed by atoms with Crippen molar-refractivity contribution in [2.45, 2.75) is 81.3 Å². The smallest absolute Gasteiger partial charge is 0.255 e. The molecular formula is C31H38ClF3N2O7S. The number of aliphatic hydroxyl groups is 3. The maximum Gasteiger partial charge on any atom is 0.255 e. The third kappa shape index (κ3) is 7.17. The van der Waals surface area contributed by atoms with Gasteiger partial charge in [0, 0.05) is 41.8 Å². The van der Waals surface area contributed by atoms with Crippen LogP contribution >= 0.6 is 11.6 Å². The molecule has 0 aromatic heterocycles. The quantitative estimate of drug-likeness (QED) is 0.250. The van der Waals surface area contributed by atoms with Crippen LogP contribution in [0, 0.1) is 40.6 Å². The van der Waals surface area contributed by atoms with Gasteiger partial charge in [-0.15, -0.1) is 0 Å². The number of hydrogen-bond donors (Lipinski definition) is 5. The van der Waals surface area contributed by atoms with Gasteiger partial charge in [0.2, 0.25) is 5.91 Å². The Labute approximate surface area is 265 Å². The molecule has 2 aliphatic carbocycles. The van der Waals surface area contributed by atoms with Gasteiger partial charge in [-0.05, 0) is 55.2 Å². The Kier molecular flexibility index (Phi) is 10.0. The molecule has 0 heterocycles. The molecule has 0 radical (unpaired) electrons. The van der Waals surface area contributed by atoms with Gasteiger partial charge in [-0.3, -0.25) is 9.59 Å². The number of carbonyl (C=O) groups is 2.